The fraction of sp³-hybridized carbons (Fsp3) is 0.192. The Kier molecular flexibility index (Phi) is 6.08. The average Bonchev–Trinajstić information content (AvgIpc) is 3.36. The van der Waals surface area contributed by atoms with E-state index >= 15 is 0 Å². The van der Waals surface area contributed by atoms with Gasteiger partial charge in [-0.1, -0.05) is 48.5 Å². The molecule has 0 aliphatic carbocycles. The van der Waals surface area contributed by atoms with Gasteiger partial charge in [0.05, 0.1) is 4.90 Å². The van der Waals surface area contributed by atoms with Crippen molar-refractivity contribution < 1.29 is 22.4 Å². The second-order valence-electron chi connectivity index (χ2n) is 8.07. The van der Waals surface area contributed by atoms with Crippen LogP contribution in [0.3, 0.4) is 0 Å². The molecule has 0 radical (unpaired) electrons. The summed E-state index contributed by atoms with van der Waals surface area (Å²) < 4.78 is 39.1. The summed E-state index contributed by atoms with van der Waals surface area (Å²) in [6, 6.07) is 25.5. The summed E-state index contributed by atoms with van der Waals surface area (Å²) in [4.78, 5) is 14.8. The zero-order chi connectivity index (χ0) is 23.5. The number of amides is 1. The lowest BCUT2D eigenvalue weighted by molar-refractivity contribution is 0.0662. The number of rotatable bonds is 6. The van der Waals surface area contributed by atoms with Crippen molar-refractivity contribution in [2.75, 3.05) is 26.2 Å². The van der Waals surface area contributed by atoms with E-state index in [-0.39, 0.29) is 36.3 Å². The predicted octanol–water partition coefficient (Wildman–Crippen LogP) is 4.16. The Hall–Kier alpha value is -3.62. The molecule has 34 heavy (non-hydrogen) atoms. The maximum atomic E-state index is 13.2. The summed E-state index contributed by atoms with van der Waals surface area (Å²) in [5.41, 5.74) is 0. The van der Waals surface area contributed by atoms with Gasteiger partial charge in [0.2, 0.25) is 10.0 Å². The molecule has 1 aromatic heterocycles. The molecule has 1 aliphatic rings. The van der Waals surface area contributed by atoms with Gasteiger partial charge in [-0.3, -0.25) is 4.79 Å². The van der Waals surface area contributed by atoms with Crippen LogP contribution >= 0.6 is 0 Å². The number of hydrogen-bond donors (Lipinski definition) is 0. The topological polar surface area (TPSA) is 80.1 Å². The minimum absolute atomic E-state index is 0.217. The SMILES string of the molecule is O=C(c1ccc(COc2ccccc2)o1)N1CCN(S(=O)(=O)c2ccc3ccccc3c2)CC1. The summed E-state index contributed by atoms with van der Waals surface area (Å²) in [5.74, 6) is 1.23. The van der Waals surface area contributed by atoms with Gasteiger partial charge in [-0.15, -0.1) is 0 Å². The van der Waals surface area contributed by atoms with E-state index in [0.717, 1.165) is 16.5 Å². The predicted molar refractivity (Wildman–Crippen MR) is 128 cm³/mol. The number of piperazine rings is 1. The lowest BCUT2D eigenvalue weighted by Crippen LogP contribution is -2.50. The molecule has 7 nitrogen and oxygen atoms in total. The number of nitrogens with zero attached hydrogens (tertiary/aromatic N) is 2. The minimum Gasteiger partial charge on any atom is -0.486 e. The maximum Gasteiger partial charge on any atom is 0.289 e. The van der Waals surface area contributed by atoms with Gasteiger partial charge in [0.1, 0.15) is 18.1 Å². The molecule has 5 rings (SSSR count). The highest BCUT2D eigenvalue weighted by molar-refractivity contribution is 7.89. The number of carbonyl (C=O) groups is 1. The number of ether oxygens (including phenoxy) is 1. The molecule has 0 saturated carbocycles. The first-order valence-electron chi connectivity index (χ1n) is 11.1. The summed E-state index contributed by atoms with van der Waals surface area (Å²) in [6.45, 7) is 1.26. The van der Waals surface area contributed by atoms with Crippen LogP contribution in [0.1, 0.15) is 16.3 Å². The first-order chi connectivity index (χ1) is 16.5. The Bertz CT molecular complexity index is 1410. The van der Waals surface area contributed by atoms with Gasteiger partial charge < -0.3 is 14.1 Å². The Labute approximate surface area is 198 Å². The number of furan rings is 1. The van der Waals surface area contributed by atoms with Gasteiger partial charge in [0.15, 0.2) is 5.76 Å². The molecule has 0 spiro atoms. The van der Waals surface area contributed by atoms with E-state index in [1.165, 1.54) is 4.31 Å². The van der Waals surface area contributed by atoms with Crippen LogP contribution in [0.15, 0.2) is 94.2 Å². The van der Waals surface area contributed by atoms with Gasteiger partial charge in [-0.2, -0.15) is 4.31 Å². The second-order valence-corrected chi connectivity index (χ2v) is 10.0. The molecule has 1 fully saturated rings. The fourth-order valence-corrected chi connectivity index (χ4v) is 5.46. The van der Waals surface area contributed by atoms with Crippen LogP contribution in [0.2, 0.25) is 0 Å². The van der Waals surface area contributed by atoms with Crippen LogP contribution in [0, 0.1) is 0 Å². The van der Waals surface area contributed by atoms with Crippen LogP contribution in [0.4, 0.5) is 0 Å². The largest absolute Gasteiger partial charge is 0.486 e. The van der Waals surface area contributed by atoms with Crippen LogP contribution in [0.5, 0.6) is 5.75 Å². The Balaban J connectivity index is 1.20. The summed E-state index contributed by atoms with van der Waals surface area (Å²) in [6.07, 6.45) is 0. The third-order valence-corrected chi connectivity index (χ3v) is 7.78. The molecular weight excluding hydrogens is 452 g/mol. The molecule has 3 aromatic carbocycles. The van der Waals surface area contributed by atoms with Crippen LogP contribution in [-0.4, -0.2) is 49.7 Å². The Morgan fingerprint density at radius 2 is 1.53 bits per heavy atom. The van der Waals surface area contributed by atoms with Crippen molar-refractivity contribution in [3.05, 3.63) is 96.4 Å². The van der Waals surface area contributed by atoms with E-state index in [4.69, 9.17) is 9.15 Å². The molecule has 0 bridgehead atoms. The molecule has 2 heterocycles. The molecule has 4 aromatic rings. The quantitative estimate of drug-likeness (QED) is 0.418. The third kappa shape index (κ3) is 4.55. The molecular formula is C26H24N2O5S. The van der Waals surface area contributed by atoms with Crippen LogP contribution in [-0.2, 0) is 16.6 Å². The van der Waals surface area contributed by atoms with Crippen molar-refractivity contribution in [3.8, 4) is 5.75 Å². The smallest absolute Gasteiger partial charge is 0.289 e. The van der Waals surface area contributed by atoms with Crippen molar-refractivity contribution in [3.63, 3.8) is 0 Å². The molecule has 174 valence electrons. The molecule has 1 amide bonds. The standard InChI is InChI=1S/C26H24N2O5S/c29-26(25-13-11-23(33-25)19-32-22-8-2-1-3-9-22)27-14-16-28(17-15-27)34(30,31)24-12-10-20-6-4-5-7-21(20)18-24/h1-13,18H,14-17,19H2. The van der Waals surface area contributed by atoms with Crippen molar-refractivity contribution in [2.45, 2.75) is 11.5 Å². The molecule has 0 N–H and O–H groups in total. The molecule has 1 saturated heterocycles. The molecule has 1 aliphatic heterocycles. The summed E-state index contributed by atoms with van der Waals surface area (Å²) in [7, 11) is -3.64. The minimum atomic E-state index is -3.64. The van der Waals surface area contributed by atoms with Gasteiger partial charge >= 0.3 is 0 Å². The van der Waals surface area contributed by atoms with Gasteiger partial charge in [-0.25, -0.2) is 8.42 Å². The maximum absolute atomic E-state index is 13.2. The van der Waals surface area contributed by atoms with E-state index in [1.807, 2.05) is 60.7 Å². The van der Waals surface area contributed by atoms with E-state index in [0.29, 0.717) is 18.8 Å². The number of sulfonamides is 1. The number of para-hydroxylation sites is 1. The highest BCUT2D eigenvalue weighted by Gasteiger charge is 2.31. The first kappa shape index (κ1) is 22.2. The van der Waals surface area contributed by atoms with E-state index in [1.54, 1.807) is 29.2 Å². The first-order valence-corrected chi connectivity index (χ1v) is 12.5. The van der Waals surface area contributed by atoms with Crippen molar-refractivity contribution in [1.29, 1.82) is 0 Å². The van der Waals surface area contributed by atoms with Crippen molar-refractivity contribution in [1.82, 2.24) is 9.21 Å². The van der Waals surface area contributed by atoms with Crippen molar-refractivity contribution in [2.24, 2.45) is 0 Å². The molecule has 0 unspecified atom stereocenters. The zero-order valence-electron chi connectivity index (χ0n) is 18.5. The zero-order valence-corrected chi connectivity index (χ0v) is 19.3. The van der Waals surface area contributed by atoms with Gasteiger partial charge in [0.25, 0.3) is 5.91 Å². The van der Waals surface area contributed by atoms with Crippen LogP contribution in [0.25, 0.3) is 10.8 Å². The third-order valence-electron chi connectivity index (χ3n) is 5.88. The Morgan fingerprint density at radius 1 is 0.824 bits per heavy atom. The molecule has 8 heteroatoms. The number of benzene rings is 3. The highest BCUT2D eigenvalue weighted by atomic mass is 32.2. The second kappa shape index (κ2) is 9.32. The van der Waals surface area contributed by atoms with Crippen molar-refractivity contribution >= 4 is 26.7 Å². The Morgan fingerprint density at radius 3 is 2.29 bits per heavy atom. The van der Waals surface area contributed by atoms with E-state index in [9.17, 15) is 13.2 Å². The fourth-order valence-electron chi connectivity index (χ4n) is 4.01. The number of carbonyl (C=O) groups excluding carboxylic acids is 1. The lowest BCUT2D eigenvalue weighted by Gasteiger charge is -2.33. The highest BCUT2D eigenvalue weighted by Crippen LogP contribution is 2.23. The number of hydrogen-bond acceptors (Lipinski definition) is 5. The number of fused-ring (bicyclic) bond motifs is 1. The molecule has 0 atom stereocenters. The van der Waals surface area contributed by atoms with Crippen LogP contribution < -0.4 is 4.74 Å². The van der Waals surface area contributed by atoms with Gasteiger partial charge in [0, 0.05) is 26.2 Å². The average molecular weight is 477 g/mol. The summed E-state index contributed by atoms with van der Waals surface area (Å²) in [5, 5.41) is 1.87. The lowest BCUT2D eigenvalue weighted by atomic mass is 10.1. The van der Waals surface area contributed by atoms with Gasteiger partial charge in [-0.05, 0) is 47.2 Å². The normalized spacial score (nSPS) is 14.9. The van der Waals surface area contributed by atoms with E-state index < -0.39 is 10.0 Å². The monoisotopic (exact) mass is 476 g/mol. The summed E-state index contributed by atoms with van der Waals surface area (Å²) >= 11 is 0. The van der Waals surface area contributed by atoms with E-state index in [2.05, 4.69) is 0 Å².